The fourth-order valence-corrected chi connectivity index (χ4v) is 1.56. The van der Waals surface area contributed by atoms with Crippen LogP contribution in [0.5, 0.6) is 0 Å². The number of nitrogens with one attached hydrogen (secondary N) is 1. The summed E-state index contributed by atoms with van der Waals surface area (Å²) < 4.78 is 0. The van der Waals surface area contributed by atoms with Crippen LogP contribution >= 0.6 is 0 Å². The summed E-state index contributed by atoms with van der Waals surface area (Å²) in [5.74, 6) is -0.0524. The van der Waals surface area contributed by atoms with Crippen LogP contribution in [0.1, 0.15) is 40.0 Å². The molecule has 4 N–H and O–H groups in total. The number of carbonyl (C=O) groups is 2. The van der Waals surface area contributed by atoms with E-state index in [-0.39, 0.29) is 11.8 Å². The molecule has 0 bridgehead atoms. The van der Waals surface area contributed by atoms with Crippen LogP contribution in [0.15, 0.2) is 0 Å². The first kappa shape index (κ1) is 15.9. The molecule has 1 amide bonds. The summed E-state index contributed by atoms with van der Waals surface area (Å²) in [5.41, 5.74) is 5.16. The number of carboxylic acids is 1. The van der Waals surface area contributed by atoms with E-state index in [4.69, 9.17) is 10.8 Å². The Hall–Kier alpha value is -1.10. The molecule has 0 spiro atoms. The Bertz CT molecular complexity index is 254. The summed E-state index contributed by atoms with van der Waals surface area (Å²) in [6.07, 6.45) is 3.15. The number of rotatable bonds is 4. The van der Waals surface area contributed by atoms with E-state index in [2.05, 4.69) is 12.2 Å². The van der Waals surface area contributed by atoms with Gasteiger partial charge in [-0.25, -0.2) is 0 Å². The largest absolute Gasteiger partial charge is 0.480 e. The summed E-state index contributed by atoms with van der Waals surface area (Å²) in [4.78, 5) is 20.6. The molecule has 0 aliphatic carbocycles. The first-order valence-corrected chi connectivity index (χ1v) is 6.13. The molecule has 0 aromatic carbocycles. The van der Waals surface area contributed by atoms with E-state index in [9.17, 15) is 9.59 Å². The van der Waals surface area contributed by atoms with Crippen LogP contribution in [-0.4, -0.2) is 29.6 Å². The lowest BCUT2D eigenvalue weighted by atomic mass is 10.0. The summed E-state index contributed by atoms with van der Waals surface area (Å²) in [6, 6.07) is -0.713. The van der Waals surface area contributed by atoms with Gasteiger partial charge in [-0.05, 0) is 18.3 Å². The van der Waals surface area contributed by atoms with Crippen LogP contribution in [0.3, 0.4) is 0 Å². The monoisotopic (exact) mass is 244 g/mol. The lowest BCUT2D eigenvalue weighted by Crippen LogP contribution is -2.34. The molecule has 0 saturated carbocycles. The molecule has 1 fully saturated rings. The normalized spacial score (nSPS) is 20.5. The van der Waals surface area contributed by atoms with Crippen molar-refractivity contribution in [3.05, 3.63) is 0 Å². The van der Waals surface area contributed by atoms with E-state index < -0.39 is 12.0 Å². The number of amides is 1. The molecule has 1 rings (SSSR count). The van der Waals surface area contributed by atoms with Gasteiger partial charge in [0, 0.05) is 13.0 Å². The van der Waals surface area contributed by atoms with E-state index in [1.807, 2.05) is 0 Å². The van der Waals surface area contributed by atoms with Gasteiger partial charge in [-0.2, -0.15) is 0 Å². The predicted molar refractivity (Wildman–Crippen MR) is 66.5 cm³/mol. The Morgan fingerprint density at radius 1 is 1.59 bits per heavy atom. The fraction of sp³-hybridized carbons (Fsp3) is 0.833. The average Bonchev–Trinajstić information content (AvgIpc) is 2.64. The van der Waals surface area contributed by atoms with Crippen LogP contribution < -0.4 is 11.1 Å². The topological polar surface area (TPSA) is 92.4 Å². The van der Waals surface area contributed by atoms with Crippen molar-refractivity contribution in [3.63, 3.8) is 0 Å². The van der Waals surface area contributed by atoms with Crippen LogP contribution in [-0.2, 0) is 9.59 Å². The second-order valence-electron chi connectivity index (χ2n) is 4.77. The van der Waals surface area contributed by atoms with Gasteiger partial charge >= 0.3 is 5.97 Å². The molecule has 1 aliphatic heterocycles. The van der Waals surface area contributed by atoms with E-state index in [0.29, 0.717) is 5.92 Å². The summed E-state index contributed by atoms with van der Waals surface area (Å²) in [6.45, 7) is 6.62. The van der Waals surface area contributed by atoms with Crippen molar-refractivity contribution in [1.29, 1.82) is 0 Å². The minimum absolute atomic E-state index is 0.0208. The Balaban J connectivity index is 0.000000304. The molecule has 5 nitrogen and oxygen atoms in total. The number of hydrogen-bond acceptors (Lipinski definition) is 3. The molecule has 100 valence electrons. The molecule has 1 heterocycles. The van der Waals surface area contributed by atoms with E-state index in [1.165, 1.54) is 12.8 Å². The lowest BCUT2D eigenvalue weighted by molar-refractivity contribution is -0.139. The maximum absolute atomic E-state index is 10.6. The minimum Gasteiger partial charge on any atom is -0.480 e. The molecule has 17 heavy (non-hydrogen) atoms. The maximum Gasteiger partial charge on any atom is 0.320 e. The second-order valence-corrected chi connectivity index (χ2v) is 4.77. The minimum atomic E-state index is -0.931. The Morgan fingerprint density at radius 3 is 2.41 bits per heavy atom. The van der Waals surface area contributed by atoms with Crippen LogP contribution in [0.25, 0.3) is 0 Å². The first-order valence-electron chi connectivity index (χ1n) is 6.13. The zero-order valence-corrected chi connectivity index (χ0v) is 10.9. The molecule has 1 aliphatic rings. The summed E-state index contributed by atoms with van der Waals surface area (Å²) in [7, 11) is 0. The number of carbonyl (C=O) groups excluding carboxylic acids is 1. The van der Waals surface area contributed by atoms with Crippen LogP contribution in [0.2, 0.25) is 0 Å². The Kier molecular flexibility index (Phi) is 7.54. The molecule has 0 radical (unpaired) electrons. The number of nitrogens with two attached hydrogens (primary N) is 1. The second kappa shape index (κ2) is 8.06. The zero-order valence-electron chi connectivity index (χ0n) is 10.9. The van der Waals surface area contributed by atoms with Gasteiger partial charge in [0.15, 0.2) is 0 Å². The highest BCUT2D eigenvalue weighted by Crippen LogP contribution is 2.14. The number of hydrogen-bond donors (Lipinski definition) is 3. The van der Waals surface area contributed by atoms with Gasteiger partial charge < -0.3 is 16.2 Å². The highest BCUT2D eigenvalue weighted by molar-refractivity contribution is 5.78. The van der Waals surface area contributed by atoms with Crippen LogP contribution in [0, 0.1) is 11.8 Å². The highest BCUT2D eigenvalue weighted by Gasteiger charge is 2.19. The lowest BCUT2D eigenvalue weighted by Gasteiger charge is -2.07. The van der Waals surface area contributed by atoms with Crippen molar-refractivity contribution in [1.82, 2.24) is 5.32 Å². The standard InChI is InChI=1S/C7H13NO.C5H11NO2/c1-2-3-6-4-7(9)8-5-6;1-3(2)4(6)5(7)8/h6H,2-5H2,1H3,(H,8,9);3-4H,6H2,1-2H3,(H,7,8)/t;4-/m.0/s1. The van der Waals surface area contributed by atoms with Gasteiger partial charge in [-0.1, -0.05) is 27.2 Å². The van der Waals surface area contributed by atoms with Crippen LogP contribution in [0.4, 0.5) is 0 Å². The third-order valence-electron chi connectivity index (χ3n) is 2.76. The van der Waals surface area contributed by atoms with Gasteiger partial charge in [-0.15, -0.1) is 0 Å². The van der Waals surface area contributed by atoms with E-state index in [0.717, 1.165) is 13.0 Å². The van der Waals surface area contributed by atoms with Crippen molar-refractivity contribution >= 4 is 11.9 Å². The molecule has 0 aromatic rings. The fourth-order valence-electron chi connectivity index (χ4n) is 1.56. The third-order valence-corrected chi connectivity index (χ3v) is 2.76. The molecule has 2 atom stereocenters. The predicted octanol–water partition coefficient (Wildman–Crippen LogP) is 0.977. The highest BCUT2D eigenvalue weighted by atomic mass is 16.4. The molecule has 1 saturated heterocycles. The van der Waals surface area contributed by atoms with Gasteiger partial charge in [0.1, 0.15) is 6.04 Å². The molecule has 5 heteroatoms. The molecular weight excluding hydrogens is 220 g/mol. The quantitative estimate of drug-likeness (QED) is 0.687. The number of aliphatic carboxylic acids is 1. The van der Waals surface area contributed by atoms with Crippen molar-refractivity contribution in [2.45, 2.75) is 46.1 Å². The first-order chi connectivity index (χ1) is 7.88. The number of carboxylic acid groups (broad SMARTS) is 1. The smallest absolute Gasteiger partial charge is 0.320 e. The molecular formula is C12H24N2O3. The summed E-state index contributed by atoms with van der Waals surface area (Å²) >= 11 is 0. The van der Waals surface area contributed by atoms with E-state index in [1.54, 1.807) is 13.8 Å². The van der Waals surface area contributed by atoms with Gasteiger partial charge in [0.05, 0.1) is 0 Å². The van der Waals surface area contributed by atoms with Crippen molar-refractivity contribution in [3.8, 4) is 0 Å². The average molecular weight is 244 g/mol. The molecule has 1 unspecified atom stereocenters. The summed E-state index contributed by atoms with van der Waals surface area (Å²) in [5, 5.41) is 11.0. The Morgan fingerprint density at radius 2 is 2.18 bits per heavy atom. The Labute approximate surface area is 103 Å². The maximum atomic E-state index is 10.6. The van der Waals surface area contributed by atoms with Gasteiger partial charge in [0.25, 0.3) is 0 Å². The van der Waals surface area contributed by atoms with Crippen molar-refractivity contribution < 1.29 is 14.7 Å². The van der Waals surface area contributed by atoms with Gasteiger partial charge in [0.2, 0.25) is 5.91 Å². The molecule has 0 aromatic heterocycles. The van der Waals surface area contributed by atoms with Crippen molar-refractivity contribution in [2.24, 2.45) is 17.6 Å². The third kappa shape index (κ3) is 6.94. The zero-order chi connectivity index (χ0) is 13.4. The van der Waals surface area contributed by atoms with E-state index >= 15 is 0 Å². The SMILES string of the molecule is CC(C)[C@H](N)C(=O)O.CCCC1CNC(=O)C1. The van der Waals surface area contributed by atoms with Gasteiger partial charge in [-0.3, -0.25) is 9.59 Å². The van der Waals surface area contributed by atoms with Crippen molar-refractivity contribution in [2.75, 3.05) is 6.54 Å².